The zero-order valence-electron chi connectivity index (χ0n) is 15.1. The molecule has 1 aromatic heterocycles. The summed E-state index contributed by atoms with van der Waals surface area (Å²) >= 11 is 0. The number of carbonyl (C=O) groups is 1. The Morgan fingerprint density at radius 3 is 2.44 bits per heavy atom. The smallest absolute Gasteiger partial charge is 0.275 e. The molecule has 0 fully saturated rings. The van der Waals surface area contributed by atoms with Crippen molar-refractivity contribution in [3.05, 3.63) is 83.6 Å². The number of halogens is 1. The molecular weight excluding hydrogens is 343 g/mol. The quantitative estimate of drug-likeness (QED) is 0.663. The van der Waals surface area contributed by atoms with Crippen LogP contribution < -0.4 is 10.6 Å². The van der Waals surface area contributed by atoms with Crippen molar-refractivity contribution in [2.45, 2.75) is 19.8 Å². The summed E-state index contributed by atoms with van der Waals surface area (Å²) in [6.45, 7) is 2.55. The van der Waals surface area contributed by atoms with E-state index in [4.69, 9.17) is 0 Å². The summed E-state index contributed by atoms with van der Waals surface area (Å²) in [5.41, 5.74) is 2.72. The van der Waals surface area contributed by atoms with Gasteiger partial charge in [-0.2, -0.15) is 0 Å². The molecule has 0 unspecified atom stereocenters. The fourth-order valence-electron chi connectivity index (χ4n) is 2.70. The lowest BCUT2D eigenvalue weighted by molar-refractivity contribution is 0.102. The van der Waals surface area contributed by atoms with Gasteiger partial charge in [0, 0.05) is 12.2 Å². The predicted molar refractivity (Wildman–Crippen MR) is 104 cm³/mol. The maximum absolute atomic E-state index is 13.6. The Bertz CT molecular complexity index is 912. The van der Waals surface area contributed by atoms with Crippen LogP contribution in [0.15, 0.2) is 60.9 Å². The van der Waals surface area contributed by atoms with Crippen LogP contribution in [0.4, 0.5) is 15.9 Å². The van der Waals surface area contributed by atoms with Crippen LogP contribution in [0, 0.1) is 5.82 Å². The lowest BCUT2D eigenvalue weighted by atomic mass is 10.1. The van der Waals surface area contributed by atoms with Gasteiger partial charge in [0.15, 0.2) is 0 Å². The zero-order valence-corrected chi connectivity index (χ0v) is 15.1. The number of hydrogen-bond acceptors (Lipinski definition) is 4. The lowest BCUT2D eigenvalue weighted by Crippen LogP contribution is -2.16. The van der Waals surface area contributed by atoms with Crippen LogP contribution in [0.25, 0.3) is 0 Å². The van der Waals surface area contributed by atoms with E-state index < -0.39 is 0 Å². The third kappa shape index (κ3) is 4.88. The van der Waals surface area contributed by atoms with Crippen molar-refractivity contribution < 1.29 is 9.18 Å². The Morgan fingerprint density at radius 1 is 1.00 bits per heavy atom. The Labute approximate surface area is 157 Å². The lowest BCUT2D eigenvalue weighted by Gasteiger charge is -2.10. The molecule has 0 aliphatic carbocycles. The fourth-order valence-corrected chi connectivity index (χ4v) is 2.70. The number of hydrogen-bond donors (Lipinski definition) is 2. The molecule has 27 heavy (non-hydrogen) atoms. The highest BCUT2D eigenvalue weighted by Gasteiger charge is 2.10. The Morgan fingerprint density at radius 2 is 1.74 bits per heavy atom. The van der Waals surface area contributed by atoms with Crippen molar-refractivity contribution in [1.29, 1.82) is 0 Å². The summed E-state index contributed by atoms with van der Waals surface area (Å²) < 4.78 is 13.6. The monoisotopic (exact) mass is 364 g/mol. The van der Waals surface area contributed by atoms with Gasteiger partial charge < -0.3 is 10.6 Å². The molecule has 0 atom stereocenters. The fraction of sp³-hybridized carbons (Fsp3) is 0.190. The van der Waals surface area contributed by atoms with E-state index >= 15 is 0 Å². The zero-order chi connectivity index (χ0) is 19.1. The summed E-state index contributed by atoms with van der Waals surface area (Å²) in [5, 5.41) is 5.95. The minimum absolute atomic E-state index is 0.218. The molecule has 5 nitrogen and oxygen atoms in total. The standard InChI is InChI=1S/C21H21FN4O/c1-2-15-7-4-6-10-18(15)26-21(27)19-13-25-20(14-24-19)23-12-11-16-8-3-5-9-17(16)22/h3-10,13-14H,2,11-12H2,1H3,(H,23,25)(H,26,27). The topological polar surface area (TPSA) is 66.9 Å². The van der Waals surface area contributed by atoms with Crippen molar-refractivity contribution in [2.75, 3.05) is 17.2 Å². The van der Waals surface area contributed by atoms with Crippen molar-refractivity contribution >= 4 is 17.4 Å². The van der Waals surface area contributed by atoms with E-state index in [9.17, 15) is 9.18 Å². The van der Waals surface area contributed by atoms with Crippen LogP contribution in [0.2, 0.25) is 0 Å². The molecule has 0 bridgehead atoms. The van der Waals surface area contributed by atoms with E-state index in [1.54, 1.807) is 12.1 Å². The molecule has 2 aromatic carbocycles. The number of rotatable bonds is 7. The Balaban J connectivity index is 1.56. The van der Waals surface area contributed by atoms with Gasteiger partial charge in [-0.15, -0.1) is 0 Å². The second-order valence-electron chi connectivity index (χ2n) is 6.02. The molecule has 138 valence electrons. The third-order valence-corrected chi connectivity index (χ3v) is 4.19. The third-order valence-electron chi connectivity index (χ3n) is 4.19. The van der Waals surface area contributed by atoms with Gasteiger partial charge in [-0.3, -0.25) is 4.79 Å². The normalized spacial score (nSPS) is 10.4. The van der Waals surface area contributed by atoms with Crippen LogP contribution in [0.5, 0.6) is 0 Å². The number of carbonyl (C=O) groups excluding carboxylic acids is 1. The first-order valence-corrected chi connectivity index (χ1v) is 8.86. The van der Waals surface area contributed by atoms with Gasteiger partial charge in [-0.25, -0.2) is 14.4 Å². The number of amides is 1. The number of aromatic nitrogens is 2. The molecule has 0 spiro atoms. The molecular formula is C21H21FN4O. The van der Waals surface area contributed by atoms with Crippen LogP contribution in [0.1, 0.15) is 28.5 Å². The molecule has 3 aromatic rings. The molecule has 3 rings (SSSR count). The van der Waals surface area contributed by atoms with Crippen molar-refractivity contribution in [3.63, 3.8) is 0 Å². The molecule has 0 radical (unpaired) electrons. The maximum atomic E-state index is 13.6. The summed E-state index contributed by atoms with van der Waals surface area (Å²) in [5.74, 6) is 0.0166. The van der Waals surface area contributed by atoms with Crippen molar-refractivity contribution in [3.8, 4) is 0 Å². The van der Waals surface area contributed by atoms with Gasteiger partial charge in [0.05, 0.1) is 12.4 Å². The molecule has 2 N–H and O–H groups in total. The molecule has 1 amide bonds. The largest absolute Gasteiger partial charge is 0.368 e. The molecule has 0 saturated carbocycles. The summed E-state index contributed by atoms with van der Waals surface area (Å²) in [7, 11) is 0. The molecule has 0 aliphatic heterocycles. The van der Waals surface area contributed by atoms with Gasteiger partial charge in [-0.05, 0) is 36.1 Å². The highest BCUT2D eigenvalue weighted by molar-refractivity contribution is 6.03. The molecule has 6 heteroatoms. The summed E-state index contributed by atoms with van der Waals surface area (Å²) in [6.07, 6.45) is 4.29. The number of para-hydroxylation sites is 1. The van der Waals surface area contributed by atoms with Gasteiger partial charge >= 0.3 is 0 Å². The number of nitrogens with zero attached hydrogens (tertiary/aromatic N) is 2. The van der Waals surface area contributed by atoms with Crippen molar-refractivity contribution in [1.82, 2.24) is 9.97 Å². The number of aryl methyl sites for hydroxylation is 1. The predicted octanol–water partition coefficient (Wildman–Crippen LogP) is 4.09. The molecule has 0 aliphatic rings. The first-order valence-electron chi connectivity index (χ1n) is 8.86. The minimum Gasteiger partial charge on any atom is -0.368 e. The average Bonchev–Trinajstić information content (AvgIpc) is 2.70. The van der Waals surface area contributed by atoms with Crippen LogP contribution in [-0.4, -0.2) is 22.4 Å². The Kier molecular flexibility index (Phi) is 6.10. The van der Waals surface area contributed by atoms with E-state index in [2.05, 4.69) is 20.6 Å². The van der Waals surface area contributed by atoms with Crippen molar-refractivity contribution in [2.24, 2.45) is 0 Å². The number of anilines is 2. The highest BCUT2D eigenvalue weighted by Crippen LogP contribution is 2.16. The first-order chi connectivity index (χ1) is 13.2. The maximum Gasteiger partial charge on any atom is 0.275 e. The Hall–Kier alpha value is -3.28. The van der Waals surface area contributed by atoms with E-state index in [0.29, 0.717) is 24.3 Å². The number of nitrogens with one attached hydrogen (secondary N) is 2. The van der Waals surface area contributed by atoms with Gasteiger partial charge in [0.1, 0.15) is 17.3 Å². The second-order valence-corrected chi connectivity index (χ2v) is 6.02. The van der Waals surface area contributed by atoms with E-state index in [1.165, 1.54) is 18.5 Å². The minimum atomic E-state index is -0.304. The van der Waals surface area contributed by atoms with E-state index in [0.717, 1.165) is 17.7 Å². The van der Waals surface area contributed by atoms with Gasteiger partial charge in [0.25, 0.3) is 5.91 Å². The van der Waals surface area contributed by atoms with E-state index in [-0.39, 0.29) is 17.4 Å². The number of benzene rings is 2. The van der Waals surface area contributed by atoms with E-state index in [1.807, 2.05) is 37.3 Å². The summed E-state index contributed by atoms with van der Waals surface area (Å²) in [6, 6.07) is 14.3. The van der Waals surface area contributed by atoms with Crippen LogP contribution >= 0.6 is 0 Å². The SMILES string of the molecule is CCc1ccccc1NC(=O)c1cnc(NCCc2ccccc2F)cn1. The molecule has 0 saturated heterocycles. The highest BCUT2D eigenvalue weighted by atomic mass is 19.1. The van der Waals surface area contributed by atoms with Crippen LogP contribution in [-0.2, 0) is 12.8 Å². The average molecular weight is 364 g/mol. The first kappa shape index (κ1) is 18.5. The molecule has 1 heterocycles. The van der Waals surface area contributed by atoms with Crippen LogP contribution in [0.3, 0.4) is 0 Å². The van der Waals surface area contributed by atoms with Gasteiger partial charge in [0.2, 0.25) is 0 Å². The second kappa shape index (κ2) is 8.89. The summed E-state index contributed by atoms with van der Waals surface area (Å²) in [4.78, 5) is 20.7. The van der Waals surface area contributed by atoms with Gasteiger partial charge in [-0.1, -0.05) is 43.3 Å².